The maximum Gasteiger partial charge on any atom is 0.224 e. The molecule has 1 aliphatic heterocycles. The van der Waals surface area contributed by atoms with Gasteiger partial charge in [-0.1, -0.05) is 48.5 Å². The summed E-state index contributed by atoms with van der Waals surface area (Å²) in [5, 5.41) is 2.90. The van der Waals surface area contributed by atoms with E-state index in [9.17, 15) is 9.59 Å². The average molecular weight is 370 g/mol. The van der Waals surface area contributed by atoms with Crippen LogP contribution in [0.25, 0.3) is 22.3 Å². The van der Waals surface area contributed by atoms with Crippen LogP contribution in [0.2, 0.25) is 0 Å². The lowest BCUT2D eigenvalue weighted by molar-refractivity contribution is -0.117. The van der Waals surface area contributed by atoms with Gasteiger partial charge in [0.2, 0.25) is 11.8 Å². The van der Waals surface area contributed by atoms with E-state index in [1.807, 2.05) is 47.4 Å². The molecule has 1 unspecified atom stereocenters. The maximum absolute atomic E-state index is 12.4. The highest BCUT2D eigenvalue weighted by Crippen LogP contribution is 2.46. The Morgan fingerprint density at radius 3 is 2.25 bits per heavy atom. The van der Waals surface area contributed by atoms with Gasteiger partial charge in [-0.3, -0.25) is 9.59 Å². The molecule has 1 N–H and O–H groups in total. The van der Waals surface area contributed by atoms with Crippen LogP contribution in [0.15, 0.2) is 66.7 Å². The highest BCUT2D eigenvalue weighted by molar-refractivity contribution is 6.01. The molecule has 2 amide bonds. The molecule has 0 fully saturated rings. The first-order chi connectivity index (χ1) is 13.5. The molecular weight excluding hydrogens is 348 g/mol. The largest absolute Gasteiger partial charge is 0.326 e. The third kappa shape index (κ3) is 2.97. The molecule has 0 radical (unpaired) electrons. The number of nitrogens with zero attached hydrogens (tertiary/aromatic N) is 1. The van der Waals surface area contributed by atoms with E-state index in [4.69, 9.17) is 0 Å². The van der Waals surface area contributed by atoms with Gasteiger partial charge >= 0.3 is 0 Å². The quantitative estimate of drug-likeness (QED) is 0.656. The zero-order chi connectivity index (χ0) is 19.8. The van der Waals surface area contributed by atoms with Crippen LogP contribution in [0.1, 0.15) is 32.4 Å². The topological polar surface area (TPSA) is 49.4 Å². The van der Waals surface area contributed by atoms with Crippen LogP contribution in [-0.4, -0.2) is 11.8 Å². The molecule has 0 saturated carbocycles. The molecular formula is C24H22N2O2. The van der Waals surface area contributed by atoms with Crippen molar-refractivity contribution in [2.24, 2.45) is 0 Å². The third-order valence-electron chi connectivity index (χ3n) is 5.23. The van der Waals surface area contributed by atoms with Gasteiger partial charge < -0.3 is 10.2 Å². The lowest BCUT2D eigenvalue weighted by atomic mass is 9.86. The summed E-state index contributed by atoms with van der Waals surface area (Å²) in [5.41, 5.74) is 7.00. The summed E-state index contributed by atoms with van der Waals surface area (Å²) in [7, 11) is 0. The lowest BCUT2D eigenvalue weighted by Crippen LogP contribution is -2.34. The molecule has 1 aliphatic rings. The fourth-order valence-electron chi connectivity index (χ4n) is 4.06. The van der Waals surface area contributed by atoms with Crippen LogP contribution in [0.3, 0.4) is 0 Å². The first-order valence-electron chi connectivity index (χ1n) is 9.37. The minimum atomic E-state index is -0.101. The van der Waals surface area contributed by atoms with Gasteiger partial charge in [0.15, 0.2) is 0 Å². The predicted molar refractivity (Wildman–Crippen MR) is 113 cm³/mol. The average Bonchev–Trinajstić information content (AvgIpc) is 2.68. The van der Waals surface area contributed by atoms with Crippen molar-refractivity contribution in [3.63, 3.8) is 0 Å². The van der Waals surface area contributed by atoms with Crippen LogP contribution >= 0.6 is 0 Å². The van der Waals surface area contributed by atoms with Crippen LogP contribution in [0, 0.1) is 0 Å². The van der Waals surface area contributed by atoms with E-state index in [0.717, 1.165) is 39.2 Å². The van der Waals surface area contributed by atoms with E-state index in [1.165, 1.54) is 6.92 Å². The van der Waals surface area contributed by atoms with Gasteiger partial charge in [-0.2, -0.15) is 0 Å². The Hall–Kier alpha value is -3.40. The van der Waals surface area contributed by atoms with Crippen molar-refractivity contribution in [3.05, 3.63) is 72.3 Å². The summed E-state index contributed by atoms with van der Waals surface area (Å²) in [6.45, 7) is 5.17. The molecule has 4 nitrogen and oxygen atoms in total. The standard InChI is InChI=1S/C24H22N2O2/c1-15-22-14-18(19-8-4-6-10-23(19)25-16(2)27)12-13-20(22)21-9-5-7-11-24(21)26(15)17(3)28/h4-15H,1-3H3,(H,25,27). The number of para-hydroxylation sites is 2. The van der Waals surface area contributed by atoms with Gasteiger partial charge in [0.05, 0.1) is 11.7 Å². The monoisotopic (exact) mass is 370 g/mol. The Bertz CT molecular complexity index is 1090. The van der Waals surface area contributed by atoms with Crippen molar-refractivity contribution >= 4 is 23.2 Å². The zero-order valence-electron chi connectivity index (χ0n) is 16.2. The molecule has 0 aromatic heterocycles. The number of anilines is 2. The van der Waals surface area contributed by atoms with Crippen LogP contribution in [0.4, 0.5) is 11.4 Å². The number of rotatable bonds is 2. The molecule has 0 aliphatic carbocycles. The van der Waals surface area contributed by atoms with Crippen LogP contribution < -0.4 is 10.2 Å². The van der Waals surface area contributed by atoms with Crippen molar-refractivity contribution in [3.8, 4) is 22.3 Å². The van der Waals surface area contributed by atoms with Gasteiger partial charge in [0.25, 0.3) is 0 Å². The Morgan fingerprint density at radius 2 is 1.54 bits per heavy atom. The fourth-order valence-corrected chi connectivity index (χ4v) is 4.06. The molecule has 4 heteroatoms. The molecule has 3 aromatic rings. The summed E-state index contributed by atoms with van der Waals surface area (Å²) >= 11 is 0. The van der Waals surface area contributed by atoms with Crippen molar-refractivity contribution in [2.45, 2.75) is 26.8 Å². The molecule has 0 spiro atoms. The summed E-state index contributed by atoms with van der Waals surface area (Å²) in [6.07, 6.45) is 0. The number of hydrogen-bond acceptors (Lipinski definition) is 2. The molecule has 0 bridgehead atoms. The fraction of sp³-hybridized carbons (Fsp3) is 0.167. The number of nitrogens with one attached hydrogen (secondary N) is 1. The van der Waals surface area contributed by atoms with Crippen molar-refractivity contribution in [1.29, 1.82) is 0 Å². The van der Waals surface area contributed by atoms with Crippen molar-refractivity contribution in [2.75, 3.05) is 10.2 Å². The number of fused-ring (bicyclic) bond motifs is 3. The molecule has 1 heterocycles. The Labute approximate surface area is 164 Å². The molecule has 1 atom stereocenters. The number of hydrogen-bond donors (Lipinski definition) is 1. The lowest BCUT2D eigenvalue weighted by Gasteiger charge is -2.36. The third-order valence-corrected chi connectivity index (χ3v) is 5.23. The Morgan fingerprint density at radius 1 is 0.857 bits per heavy atom. The van der Waals surface area contributed by atoms with E-state index in [2.05, 4.69) is 36.5 Å². The Balaban J connectivity index is 1.89. The number of carbonyl (C=O) groups is 2. The van der Waals surface area contributed by atoms with Gasteiger partial charge in [0.1, 0.15) is 0 Å². The summed E-state index contributed by atoms with van der Waals surface area (Å²) in [5.74, 6) is -0.0786. The molecule has 140 valence electrons. The molecule has 0 saturated heterocycles. The molecule has 3 aromatic carbocycles. The van der Waals surface area contributed by atoms with E-state index in [-0.39, 0.29) is 17.9 Å². The van der Waals surface area contributed by atoms with Gasteiger partial charge in [0, 0.05) is 30.7 Å². The highest BCUT2D eigenvalue weighted by Gasteiger charge is 2.30. The number of carbonyl (C=O) groups excluding carboxylic acids is 2. The van der Waals surface area contributed by atoms with Crippen molar-refractivity contribution < 1.29 is 9.59 Å². The minimum Gasteiger partial charge on any atom is -0.326 e. The number of benzene rings is 3. The first kappa shape index (κ1) is 18.0. The van der Waals surface area contributed by atoms with Gasteiger partial charge in [-0.05, 0) is 41.8 Å². The second kappa shape index (κ2) is 6.97. The van der Waals surface area contributed by atoms with E-state index in [1.54, 1.807) is 6.92 Å². The van der Waals surface area contributed by atoms with Gasteiger partial charge in [-0.15, -0.1) is 0 Å². The summed E-state index contributed by atoms with van der Waals surface area (Å²) in [6, 6.07) is 22.0. The zero-order valence-corrected chi connectivity index (χ0v) is 16.2. The summed E-state index contributed by atoms with van der Waals surface area (Å²) < 4.78 is 0. The maximum atomic E-state index is 12.4. The predicted octanol–water partition coefficient (Wildman–Crippen LogP) is 5.41. The van der Waals surface area contributed by atoms with Crippen LogP contribution in [0.5, 0.6) is 0 Å². The van der Waals surface area contributed by atoms with E-state index in [0.29, 0.717) is 0 Å². The SMILES string of the molecule is CC(=O)Nc1ccccc1-c1ccc2c(c1)C(C)N(C(C)=O)c1ccccc1-2. The Kier molecular flexibility index (Phi) is 4.47. The van der Waals surface area contributed by atoms with E-state index >= 15 is 0 Å². The van der Waals surface area contributed by atoms with E-state index < -0.39 is 0 Å². The highest BCUT2D eigenvalue weighted by atomic mass is 16.2. The van der Waals surface area contributed by atoms with Crippen LogP contribution in [-0.2, 0) is 9.59 Å². The minimum absolute atomic E-state index is 0.0228. The number of amides is 2. The second-order valence-electron chi connectivity index (χ2n) is 7.11. The van der Waals surface area contributed by atoms with Gasteiger partial charge in [-0.25, -0.2) is 0 Å². The molecule has 4 rings (SSSR count). The first-order valence-corrected chi connectivity index (χ1v) is 9.37. The smallest absolute Gasteiger partial charge is 0.224 e. The molecule has 28 heavy (non-hydrogen) atoms. The second-order valence-corrected chi connectivity index (χ2v) is 7.11. The normalized spacial score (nSPS) is 14.8. The van der Waals surface area contributed by atoms with Crippen molar-refractivity contribution in [1.82, 2.24) is 0 Å². The summed E-state index contributed by atoms with van der Waals surface area (Å²) in [4.78, 5) is 25.8.